The summed E-state index contributed by atoms with van der Waals surface area (Å²) in [5.41, 5.74) is 8.75. The molecule has 3 aromatic rings. The predicted octanol–water partition coefficient (Wildman–Crippen LogP) is 4.02. The number of primary amides is 1. The summed E-state index contributed by atoms with van der Waals surface area (Å²) in [6.07, 6.45) is 5.11. The van der Waals surface area contributed by atoms with E-state index in [0.29, 0.717) is 17.1 Å². The highest BCUT2D eigenvalue weighted by Gasteiger charge is 2.27. The number of fused-ring (bicyclic) bond motifs is 1. The van der Waals surface area contributed by atoms with Gasteiger partial charge in [0.1, 0.15) is 5.01 Å². The maximum atomic E-state index is 11.9. The second-order valence-electron chi connectivity index (χ2n) is 6.38. The van der Waals surface area contributed by atoms with Crippen LogP contribution in [0.25, 0.3) is 21.5 Å². The number of nitrogens with two attached hydrogens (primary N) is 1. The first-order chi connectivity index (χ1) is 11.9. The molecule has 1 amide bonds. The van der Waals surface area contributed by atoms with Crippen LogP contribution in [-0.2, 0) is 0 Å². The van der Waals surface area contributed by atoms with Crippen LogP contribution in [0.15, 0.2) is 29.9 Å². The van der Waals surface area contributed by atoms with E-state index < -0.39 is 16.5 Å². The number of thiazole rings is 1. The molecular weight excluding hydrogens is 358 g/mol. The molecule has 0 bridgehead atoms. The van der Waals surface area contributed by atoms with Crippen LogP contribution in [0.2, 0.25) is 0 Å². The number of amides is 1. The summed E-state index contributed by atoms with van der Waals surface area (Å²) < 4.78 is 19.7. The van der Waals surface area contributed by atoms with Gasteiger partial charge < -0.3 is 10.7 Å². The highest BCUT2D eigenvalue weighted by molar-refractivity contribution is 8.24. The van der Waals surface area contributed by atoms with Gasteiger partial charge in [0.05, 0.1) is 11.1 Å². The molecule has 6 nitrogen and oxygen atoms in total. The Balaban J connectivity index is 1.83. The molecule has 1 aliphatic rings. The number of hydrogen-bond donors (Lipinski definition) is 4. The molecule has 25 heavy (non-hydrogen) atoms. The standard InChI is InChI=1S/C17H19N3O3S2/c18-16(21)13-8-11(17-19-3-4-24-17)7-12-14(9-20-15(12)13)10-1-5-25(22,23)6-2-10/h3-4,7-10,20,22-23H,1-2,5-6H2,(H2,18,21). The summed E-state index contributed by atoms with van der Waals surface area (Å²) in [6, 6.07) is 3.82. The first-order valence-electron chi connectivity index (χ1n) is 8.03. The molecule has 5 N–H and O–H groups in total. The van der Waals surface area contributed by atoms with Crippen molar-refractivity contribution in [3.63, 3.8) is 0 Å². The average Bonchev–Trinajstić information content (AvgIpc) is 3.23. The summed E-state index contributed by atoms with van der Waals surface area (Å²) in [6.45, 7) is 0. The molecule has 1 fully saturated rings. The number of H-pyrrole nitrogens is 1. The number of aromatic nitrogens is 2. The van der Waals surface area contributed by atoms with Gasteiger partial charge in [-0.15, -0.1) is 11.3 Å². The molecule has 0 atom stereocenters. The topological polar surface area (TPSA) is 112 Å². The van der Waals surface area contributed by atoms with Gasteiger partial charge in [-0.05, 0) is 36.5 Å². The lowest BCUT2D eigenvalue weighted by molar-refractivity contribution is 0.100. The lowest BCUT2D eigenvalue weighted by Gasteiger charge is -2.39. The summed E-state index contributed by atoms with van der Waals surface area (Å²) >= 11 is 1.51. The van der Waals surface area contributed by atoms with Gasteiger partial charge in [-0.1, -0.05) is 0 Å². The first kappa shape index (κ1) is 16.6. The number of rotatable bonds is 3. The van der Waals surface area contributed by atoms with Crippen molar-refractivity contribution in [3.8, 4) is 10.6 Å². The van der Waals surface area contributed by atoms with Gasteiger partial charge in [-0.3, -0.25) is 13.9 Å². The molecule has 1 aliphatic heterocycles. The van der Waals surface area contributed by atoms with Crippen molar-refractivity contribution in [1.82, 2.24) is 9.97 Å². The third-order valence-corrected chi connectivity index (χ3v) is 7.39. The minimum atomic E-state index is -2.42. The van der Waals surface area contributed by atoms with E-state index in [4.69, 9.17) is 5.73 Å². The minimum absolute atomic E-state index is 0.237. The summed E-state index contributed by atoms with van der Waals surface area (Å²) in [5, 5.41) is 3.70. The second kappa shape index (κ2) is 6.14. The average molecular weight is 377 g/mol. The fourth-order valence-corrected chi connectivity index (χ4v) is 5.65. The van der Waals surface area contributed by atoms with E-state index in [-0.39, 0.29) is 5.92 Å². The molecule has 0 aliphatic carbocycles. The van der Waals surface area contributed by atoms with E-state index >= 15 is 0 Å². The minimum Gasteiger partial charge on any atom is -0.366 e. The lowest BCUT2D eigenvalue weighted by Crippen LogP contribution is -2.19. The number of carbonyl (C=O) groups excluding carboxylic acids is 1. The quantitative estimate of drug-likeness (QED) is 0.552. The second-order valence-corrected chi connectivity index (χ2v) is 9.69. The molecule has 3 heterocycles. The molecule has 4 rings (SSSR count). The predicted molar refractivity (Wildman–Crippen MR) is 102 cm³/mol. The van der Waals surface area contributed by atoms with E-state index in [1.165, 1.54) is 11.3 Å². The largest absolute Gasteiger partial charge is 0.366 e. The molecule has 0 radical (unpaired) electrons. The zero-order chi connectivity index (χ0) is 17.6. The number of nitrogens with zero attached hydrogens (tertiary/aromatic N) is 1. The third kappa shape index (κ3) is 3.06. The van der Waals surface area contributed by atoms with Crippen LogP contribution in [0.5, 0.6) is 0 Å². The van der Waals surface area contributed by atoms with Gasteiger partial charge >= 0.3 is 0 Å². The summed E-state index contributed by atoms with van der Waals surface area (Å²) in [7, 11) is -2.42. The van der Waals surface area contributed by atoms with Crippen LogP contribution >= 0.6 is 21.9 Å². The molecule has 0 spiro atoms. The Kier molecular flexibility index (Phi) is 4.07. The van der Waals surface area contributed by atoms with Crippen LogP contribution in [-0.4, -0.2) is 36.5 Å². The summed E-state index contributed by atoms with van der Waals surface area (Å²) in [5.74, 6) is 0.619. The maximum Gasteiger partial charge on any atom is 0.250 e. The molecule has 132 valence electrons. The van der Waals surface area contributed by atoms with Crippen molar-refractivity contribution < 1.29 is 13.9 Å². The molecule has 1 aromatic carbocycles. The number of carbonyl (C=O) groups is 1. The van der Waals surface area contributed by atoms with Crippen LogP contribution in [0.1, 0.15) is 34.7 Å². The summed E-state index contributed by atoms with van der Waals surface area (Å²) in [4.78, 5) is 19.5. The Hall–Kier alpha value is -1.87. The normalized spacial score (nSPS) is 19.1. The van der Waals surface area contributed by atoms with E-state index in [2.05, 4.69) is 9.97 Å². The van der Waals surface area contributed by atoms with Gasteiger partial charge in [0.15, 0.2) is 0 Å². The zero-order valence-electron chi connectivity index (χ0n) is 13.4. The van der Waals surface area contributed by atoms with Crippen molar-refractivity contribution in [3.05, 3.63) is 41.0 Å². The fourth-order valence-electron chi connectivity index (χ4n) is 3.49. The Bertz CT molecular complexity index is 924. The molecular formula is C17H19N3O3S2. The highest BCUT2D eigenvalue weighted by Crippen LogP contribution is 2.49. The maximum absolute atomic E-state index is 11.9. The Labute approximate surface area is 150 Å². The number of hydrogen-bond acceptors (Lipinski definition) is 5. The number of benzene rings is 1. The van der Waals surface area contributed by atoms with Crippen molar-refractivity contribution in [2.24, 2.45) is 5.73 Å². The van der Waals surface area contributed by atoms with E-state index in [9.17, 15) is 13.9 Å². The van der Waals surface area contributed by atoms with E-state index in [1.54, 1.807) is 12.3 Å². The Morgan fingerprint density at radius 3 is 2.72 bits per heavy atom. The number of aromatic amines is 1. The smallest absolute Gasteiger partial charge is 0.250 e. The monoisotopic (exact) mass is 377 g/mol. The Morgan fingerprint density at radius 2 is 2.08 bits per heavy atom. The fraction of sp³-hybridized carbons (Fsp3) is 0.294. The molecule has 1 saturated heterocycles. The number of nitrogens with one attached hydrogen (secondary N) is 1. The van der Waals surface area contributed by atoms with Crippen LogP contribution in [0.4, 0.5) is 0 Å². The van der Waals surface area contributed by atoms with E-state index in [1.807, 2.05) is 17.6 Å². The molecule has 2 aromatic heterocycles. The molecule has 0 unspecified atom stereocenters. The highest BCUT2D eigenvalue weighted by atomic mass is 32.3. The molecule has 0 saturated carbocycles. The Morgan fingerprint density at radius 1 is 1.32 bits per heavy atom. The van der Waals surface area contributed by atoms with Crippen molar-refractivity contribution in [2.45, 2.75) is 18.8 Å². The van der Waals surface area contributed by atoms with Gasteiger partial charge in [-0.2, -0.15) is 10.6 Å². The lowest BCUT2D eigenvalue weighted by atomic mass is 9.92. The van der Waals surface area contributed by atoms with Crippen molar-refractivity contribution in [2.75, 3.05) is 11.5 Å². The van der Waals surface area contributed by atoms with Crippen LogP contribution in [0, 0.1) is 0 Å². The first-order valence-corrected chi connectivity index (χ1v) is 10.8. The van der Waals surface area contributed by atoms with Crippen LogP contribution in [0.3, 0.4) is 0 Å². The SMILES string of the molecule is NC(=O)c1cc(-c2nccs2)cc2c(C3CCS(O)(O)CC3)c[nH]c12. The van der Waals surface area contributed by atoms with E-state index in [0.717, 1.165) is 39.9 Å². The van der Waals surface area contributed by atoms with Gasteiger partial charge in [0.2, 0.25) is 0 Å². The van der Waals surface area contributed by atoms with Crippen molar-refractivity contribution >= 4 is 38.7 Å². The van der Waals surface area contributed by atoms with Gasteiger partial charge in [0, 0.05) is 40.2 Å². The van der Waals surface area contributed by atoms with Crippen molar-refractivity contribution in [1.29, 1.82) is 0 Å². The third-order valence-electron chi connectivity index (χ3n) is 4.79. The zero-order valence-corrected chi connectivity index (χ0v) is 15.1. The van der Waals surface area contributed by atoms with Gasteiger partial charge in [-0.25, -0.2) is 4.98 Å². The molecule has 8 heteroatoms. The van der Waals surface area contributed by atoms with Crippen LogP contribution < -0.4 is 5.73 Å². The van der Waals surface area contributed by atoms with Gasteiger partial charge in [0.25, 0.3) is 5.91 Å².